The average molecular weight is 392 g/mol. The van der Waals surface area contributed by atoms with Crippen LogP contribution in [0.2, 0.25) is 6.55 Å². The van der Waals surface area contributed by atoms with E-state index < -0.39 is 16.1 Å². The molecule has 0 fully saturated rings. The Morgan fingerprint density at radius 1 is 1.05 bits per heavy atom. The van der Waals surface area contributed by atoms with Crippen molar-refractivity contribution < 1.29 is 16.1 Å². The Hall–Kier alpha value is -0.0888. The number of rotatable bonds is 8. The average Bonchev–Trinajstić information content (AvgIpc) is 3.14. The second kappa shape index (κ2) is 10.6. The third-order valence-electron chi connectivity index (χ3n) is 4.36. The van der Waals surface area contributed by atoms with Gasteiger partial charge >= 0.3 is 129 Å². The van der Waals surface area contributed by atoms with Gasteiger partial charge in [0.25, 0.3) is 0 Å². The largest absolute Gasteiger partial charge is 0.147 e. The van der Waals surface area contributed by atoms with E-state index in [1.54, 1.807) is 7.76 Å². The minimum Gasteiger partial charge on any atom is -0.147 e. The van der Waals surface area contributed by atoms with Crippen LogP contribution < -0.4 is 0 Å². The van der Waals surface area contributed by atoms with Crippen LogP contribution >= 0.6 is 24.8 Å². The molecule has 0 atom stereocenters. The van der Waals surface area contributed by atoms with E-state index in [9.17, 15) is 0 Å². The van der Waals surface area contributed by atoms with Gasteiger partial charge in [-0.2, -0.15) is 0 Å². The first kappa shape index (κ1) is 21.9. The maximum Gasteiger partial charge on any atom is -0.147 e. The summed E-state index contributed by atoms with van der Waals surface area (Å²) in [6.45, 7) is 12.5. The van der Waals surface area contributed by atoms with Crippen LogP contribution in [-0.2, 0) is 16.1 Å². The second-order valence-corrected chi connectivity index (χ2v) is 19.3. The fourth-order valence-electron chi connectivity index (χ4n) is 3.50. The molecule has 2 aliphatic carbocycles. The van der Waals surface area contributed by atoms with Crippen LogP contribution in [0.5, 0.6) is 0 Å². The summed E-state index contributed by atoms with van der Waals surface area (Å²) in [7, 11) is -0.124. The van der Waals surface area contributed by atoms with Crippen LogP contribution in [0, 0.1) is 0 Å². The van der Waals surface area contributed by atoms with Gasteiger partial charge in [0, 0.05) is 0 Å². The Bertz CT molecular complexity index is 469. The number of hydrogen-bond acceptors (Lipinski definition) is 1. The van der Waals surface area contributed by atoms with Gasteiger partial charge in [0.1, 0.15) is 0 Å². The van der Waals surface area contributed by atoms with Gasteiger partial charge in [0.2, 0.25) is 0 Å². The molecule has 22 heavy (non-hydrogen) atoms. The van der Waals surface area contributed by atoms with E-state index in [-0.39, 0.29) is 32.2 Å². The quantitative estimate of drug-likeness (QED) is 0.438. The monoisotopic (exact) mass is 391 g/mol. The molecule has 0 N–H and O–H groups in total. The van der Waals surface area contributed by atoms with Crippen molar-refractivity contribution in [3.8, 4) is 0 Å². The van der Waals surface area contributed by atoms with Crippen molar-refractivity contribution in [3.63, 3.8) is 0 Å². The van der Waals surface area contributed by atoms with E-state index in [4.69, 9.17) is 0 Å². The summed E-state index contributed by atoms with van der Waals surface area (Å²) >= 11 is -2.28. The molecular weight excluding hydrogens is 365 g/mol. The van der Waals surface area contributed by atoms with Crippen molar-refractivity contribution in [2.75, 3.05) is 13.1 Å². The van der Waals surface area contributed by atoms with Crippen molar-refractivity contribution in [2.45, 2.75) is 19.4 Å². The smallest absolute Gasteiger partial charge is 0.147 e. The maximum absolute atomic E-state index is 3.98. The summed E-state index contributed by atoms with van der Waals surface area (Å²) in [5.74, 6) is 0. The number of halogens is 2. The van der Waals surface area contributed by atoms with E-state index in [0.717, 1.165) is 13.1 Å². The van der Waals surface area contributed by atoms with Gasteiger partial charge in [-0.1, -0.05) is 0 Å². The third-order valence-corrected chi connectivity index (χ3v) is 22.5. The summed E-state index contributed by atoms with van der Waals surface area (Å²) in [4.78, 5) is 0. The van der Waals surface area contributed by atoms with Gasteiger partial charge in [-0.15, -0.1) is 24.8 Å². The minimum absolute atomic E-state index is 0. The molecule has 0 amide bonds. The molecule has 0 radical (unpaired) electrons. The van der Waals surface area contributed by atoms with Crippen molar-refractivity contribution in [2.24, 2.45) is 0 Å². The molecule has 0 heterocycles. The van der Waals surface area contributed by atoms with Crippen molar-refractivity contribution in [3.05, 3.63) is 69.5 Å². The molecule has 0 saturated heterocycles. The van der Waals surface area contributed by atoms with Crippen molar-refractivity contribution >= 4 is 32.2 Å². The molecule has 0 spiro atoms. The van der Waals surface area contributed by atoms with E-state index in [2.05, 4.69) is 71.7 Å². The molecule has 0 bridgehead atoms. The summed E-state index contributed by atoms with van der Waals surface area (Å²) in [5.41, 5.74) is 0. The minimum atomic E-state index is -2.28. The Labute approximate surface area is 153 Å². The Balaban J connectivity index is 0.00000220. The molecule has 2 aliphatic rings. The zero-order valence-corrected chi connectivity index (χ0v) is 17.9. The normalized spacial score (nSPS) is 16.5. The van der Waals surface area contributed by atoms with Gasteiger partial charge in [0.05, 0.1) is 0 Å². The summed E-state index contributed by atoms with van der Waals surface area (Å²) < 4.78 is 6.25. The van der Waals surface area contributed by atoms with Gasteiger partial charge in [-0.25, -0.2) is 0 Å². The van der Waals surface area contributed by atoms with Crippen LogP contribution in [-0.4, -0.2) is 23.9 Å². The molecule has 0 saturated carbocycles. The first-order chi connectivity index (χ1) is 9.79. The Morgan fingerprint density at radius 2 is 1.50 bits per heavy atom. The van der Waals surface area contributed by atoms with Crippen LogP contribution in [0.3, 0.4) is 0 Å². The molecule has 0 unspecified atom stereocenters. The fourth-order valence-corrected chi connectivity index (χ4v) is 20.3. The number of allylic oxidation sites excluding steroid dienone is 8. The zero-order chi connectivity index (χ0) is 14.4. The van der Waals surface area contributed by atoms with Crippen LogP contribution in [0.25, 0.3) is 0 Å². The van der Waals surface area contributed by atoms with Crippen LogP contribution in [0.15, 0.2) is 69.5 Å². The van der Waals surface area contributed by atoms with Crippen molar-refractivity contribution in [1.82, 2.24) is 3.38 Å². The third kappa shape index (κ3) is 4.25. The summed E-state index contributed by atoms with van der Waals surface area (Å²) in [6.07, 6.45) is 20.4. The molecule has 1 nitrogen and oxygen atoms in total. The van der Waals surface area contributed by atoms with E-state index >= 15 is 0 Å². The maximum atomic E-state index is 3.98. The molecule has 2 rings (SSSR count). The predicted molar refractivity (Wildman–Crippen MR) is 105 cm³/mol. The molecule has 0 aromatic rings. The fraction of sp³-hybridized carbons (Fsp3) is 0.294. The molecule has 122 valence electrons. The number of hydrogen-bond donors (Lipinski definition) is 0. The van der Waals surface area contributed by atoms with Crippen LogP contribution in [0.1, 0.15) is 12.8 Å². The topological polar surface area (TPSA) is 3.24 Å². The van der Waals surface area contributed by atoms with Gasteiger partial charge in [0.15, 0.2) is 0 Å². The molecule has 0 aliphatic heterocycles. The first-order valence-electron chi connectivity index (χ1n) is 7.48. The number of nitrogens with zero attached hydrogens (tertiary/aromatic N) is 1. The summed E-state index contributed by atoms with van der Waals surface area (Å²) in [5, 5.41) is 0. The standard InChI is InChI=1S/C6H10N.2C5H5.CH5Si.2ClH.Ti/c1-3-5-7-6-4-2;2*1-2-4-5-3-1;1-2;;;/h3-4H,1-2,5-6H2;2*1-3H,4H2;2H2,1H3;2*1H;/q-1;;;;;;+1. The molecule has 0 aromatic heterocycles. The zero-order valence-electron chi connectivity index (χ0n) is 13.3. The van der Waals surface area contributed by atoms with Crippen LogP contribution in [0.4, 0.5) is 0 Å². The van der Waals surface area contributed by atoms with E-state index in [1.165, 1.54) is 12.8 Å². The second-order valence-electron chi connectivity index (χ2n) is 5.34. The van der Waals surface area contributed by atoms with E-state index in [1.807, 2.05) is 0 Å². The summed E-state index contributed by atoms with van der Waals surface area (Å²) in [6, 6.07) is 0. The predicted octanol–water partition coefficient (Wildman–Crippen LogP) is 4.39. The molecular formula is C17H27Cl2NSiTi. The Kier molecular flexibility index (Phi) is 10.6. The van der Waals surface area contributed by atoms with Gasteiger partial charge in [-0.05, 0) is 0 Å². The van der Waals surface area contributed by atoms with Gasteiger partial charge < -0.3 is 0 Å². The first-order valence-corrected chi connectivity index (χ1v) is 15.2. The SMILES string of the molecule is C=CC[N](CC=C)[Ti]([SiH2]C)([C]1=CC=CC1)[C]1=CC=CC1.Cl.Cl. The Morgan fingerprint density at radius 3 is 1.77 bits per heavy atom. The van der Waals surface area contributed by atoms with Gasteiger partial charge in [-0.3, -0.25) is 0 Å². The molecule has 5 heteroatoms. The van der Waals surface area contributed by atoms with Crippen molar-refractivity contribution in [1.29, 1.82) is 0 Å². The van der Waals surface area contributed by atoms with E-state index in [0.29, 0.717) is 0 Å². The molecule has 0 aromatic carbocycles.